The van der Waals surface area contributed by atoms with Gasteiger partial charge in [-0.2, -0.15) is 0 Å². The van der Waals surface area contributed by atoms with Crippen LogP contribution in [0.15, 0.2) is 66.7 Å². The minimum Gasteiger partial charge on any atom is -0.497 e. The van der Waals surface area contributed by atoms with Gasteiger partial charge in [0.1, 0.15) is 17.3 Å². The lowest BCUT2D eigenvalue weighted by atomic mass is 10.2. The first-order valence-corrected chi connectivity index (χ1v) is 11.6. The average molecular weight is 478 g/mol. The van der Waals surface area contributed by atoms with Gasteiger partial charge in [0.2, 0.25) is 0 Å². The average Bonchev–Trinajstić information content (AvgIpc) is 3.22. The number of methoxy groups -OCH3 is 1. The van der Waals surface area contributed by atoms with Crippen LogP contribution >= 0.6 is 11.6 Å². The molecule has 1 unspecified atom stereocenters. The zero-order valence-corrected chi connectivity index (χ0v) is 20.3. The molecule has 34 heavy (non-hydrogen) atoms. The normalized spacial score (nSPS) is 11.9. The number of hydrogen-bond donors (Lipinski definition) is 1. The van der Waals surface area contributed by atoms with Gasteiger partial charge >= 0.3 is 0 Å². The molecule has 0 aliphatic rings. The number of imidazole rings is 1. The van der Waals surface area contributed by atoms with Crippen molar-refractivity contribution in [3.8, 4) is 11.5 Å². The fourth-order valence-corrected chi connectivity index (χ4v) is 3.98. The fraction of sp³-hybridized carbons (Fsp3) is 0.259. The lowest BCUT2D eigenvalue weighted by molar-refractivity contribution is 0.0937. The second-order valence-electron chi connectivity index (χ2n) is 8.15. The lowest BCUT2D eigenvalue weighted by Gasteiger charge is -2.17. The highest BCUT2D eigenvalue weighted by atomic mass is 35.5. The first-order chi connectivity index (χ1) is 16.5. The third-order valence-corrected chi connectivity index (χ3v) is 6.12. The molecule has 1 aromatic heterocycles. The highest BCUT2D eigenvalue weighted by Crippen LogP contribution is 2.23. The molecule has 6 nitrogen and oxygen atoms in total. The molecule has 3 aromatic carbocycles. The van der Waals surface area contributed by atoms with Gasteiger partial charge in [-0.25, -0.2) is 4.98 Å². The maximum Gasteiger partial charge on any atom is 0.251 e. The third-order valence-electron chi connectivity index (χ3n) is 5.70. The van der Waals surface area contributed by atoms with E-state index in [1.807, 2.05) is 56.3 Å². The Morgan fingerprint density at radius 2 is 1.82 bits per heavy atom. The van der Waals surface area contributed by atoms with Crippen molar-refractivity contribution in [3.05, 3.63) is 88.7 Å². The molecular formula is C27H28ClN3O3. The van der Waals surface area contributed by atoms with Crippen LogP contribution in [0, 0.1) is 6.92 Å². The van der Waals surface area contributed by atoms with Gasteiger partial charge in [0.05, 0.1) is 30.8 Å². The van der Waals surface area contributed by atoms with Gasteiger partial charge in [0, 0.05) is 17.1 Å². The number of amides is 1. The van der Waals surface area contributed by atoms with Gasteiger partial charge in [0.25, 0.3) is 5.91 Å². The molecule has 0 fully saturated rings. The summed E-state index contributed by atoms with van der Waals surface area (Å²) in [4.78, 5) is 17.6. The number of ether oxygens (including phenoxy) is 2. The number of aromatic nitrogens is 2. The Labute approximate surface area is 204 Å². The Balaban J connectivity index is 1.46. The van der Waals surface area contributed by atoms with Crippen LogP contribution in [0.1, 0.15) is 41.1 Å². The molecule has 0 radical (unpaired) electrons. The SMILES string of the molecule is COc1ccc(C(=O)NC(C)c2nc3ccccc3n2CCCOc2ccc(Cl)c(C)c2)cc1. The van der Waals surface area contributed by atoms with E-state index in [1.54, 1.807) is 31.4 Å². The number of rotatable bonds is 9. The van der Waals surface area contributed by atoms with Crippen LogP contribution < -0.4 is 14.8 Å². The van der Waals surface area contributed by atoms with Crippen LogP contribution in [0.3, 0.4) is 0 Å². The van der Waals surface area contributed by atoms with Crippen LogP contribution in [0.2, 0.25) is 5.02 Å². The smallest absolute Gasteiger partial charge is 0.251 e. The molecule has 1 atom stereocenters. The molecule has 1 heterocycles. The zero-order chi connectivity index (χ0) is 24.1. The summed E-state index contributed by atoms with van der Waals surface area (Å²) < 4.78 is 13.3. The Morgan fingerprint density at radius 1 is 1.09 bits per heavy atom. The summed E-state index contributed by atoms with van der Waals surface area (Å²) in [6, 6.07) is 20.4. The van der Waals surface area contributed by atoms with Gasteiger partial charge in [-0.05, 0) is 80.4 Å². The molecule has 1 amide bonds. The molecule has 1 N–H and O–H groups in total. The third kappa shape index (κ3) is 5.34. The second kappa shape index (κ2) is 10.6. The Kier molecular flexibility index (Phi) is 7.38. The van der Waals surface area contributed by atoms with E-state index in [4.69, 9.17) is 26.1 Å². The number of benzene rings is 3. The van der Waals surface area contributed by atoms with E-state index in [2.05, 4.69) is 9.88 Å². The molecule has 0 saturated heterocycles. The fourth-order valence-electron chi connectivity index (χ4n) is 3.87. The van der Waals surface area contributed by atoms with E-state index < -0.39 is 0 Å². The number of carbonyl (C=O) groups is 1. The number of aryl methyl sites for hydroxylation is 2. The molecule has 0 bridgehead atoms. The van der Waals surface area contributed by atoms with E-state index in [9.17, 15) is 4.79 Å². The minimum atomic E-state index is -0.276. The van der Waals surface area contributed by atoms with Gasteiger partial charge in [-0.15, -0.1) is 0 Å². The molecule has 0 spiro atoms. The number of nitrogens with zero attached hydrogens (tertiary/aromatic N) is 2. The number of carbonyl (C=O) groups excluding carboxylic acids is 1. The number of halogens is 1. The highest BCUT2D eigenvalue weighted by molar-refractivity contribution is 6.31. The van der Waals surface area contributed by atoms with Crippen molar-refractivity contribution in [2.45, 2.75) is 32.9 Å². The van der Waals surface area contributed by atoms with Crippen LogP contribution in [0.25, 0.3) is 11.0 Å². The Bertz CT molecular complexity index is 1280. The molecule has 0 saturated carbocycles. The van der Waals surface area contributed by atoms with Crippen molar-refractivity contribution >= 4 is 28.5 Å². The maximum atomic E-state index is 12.8. The highest BCUT2D eigenvalue weighted by Gasteiger charge is 2.19. The van der Waals surface area contributed by atoms with Crippen LogP contribution in [0.5, 0.6) is 11.5 Å². The zero-order valence-electron chi connectivity index (χ0n) is 19.5. The molecule has 4 aromatic rings. The Morgan fingerprint density at radius 3 is 2.56 bits per heavy atom. The largest absolute Gasteiger partial charge is 0.497 e. The minimum absolute atomic E-state index is 0.157. The lowest BCUT2D eigenvalue weighted by Crippen LogP contribution is -2.28. The van der Waals surface area contributed by atoms with Crippen molar-refractivity contribution in [1.82, 2.24) is 14.9 Å². The number of fused-ring (bicyclic) bond motifs is 1. The summed E-state index contributed by atoms with van der Waals surface area (Å²) in [5, 5.41) is 3.80. The maximum absolute atomic E-state index is 12.8. The molecule has 7 heteroatoms. The summed E-state index contributed by atoms with van der Waals surface area (Å²) in [5.74, 6) is 2.17. The topological polar surface area (TPSA) is 65.4 Å². The van der Waals surface area contributed by atoms with Crippen LogP contribution in [0.4, 0.5) is 0 Å². The molecule has 4 rings (SSSR count). The summed E-state index contributed by atoms with van der Waals surface area (Å²) in [6.45, 7) is 5.18. The second-order valence-corrected chi connectivity index (χ2v) is 8.55. The van der Waals surface area contributed by atoms with E-state index in [0.717, 1.165) is 39.6 Å². The number of hydrogen-bond acceptors (Lipinski definition) is 4. The molecular weight excluding hydrogens is 450 g/mol. The van der Waals surface area contributed by atoms with Crippen molar-refractivity contribution in [3.63, 3.8) is 0 Å². The van der Waals surface area contributed by atoms with Crippen molar-refractivity contribution in [2.24, 2.45) is 0 Å². The van der Waals surface area contributed by atoms with Crippen LogP contribution in [-0.4, -0.2) is 29.2 Å². The quantitative estimate of drug-likeness (QED) is 0.302. The van der Waals surface area contributed by atoms with Crippen molar-refractivity contribution in [1.29, 1.82) is 0 Å². The molecule has 0 aliphatic heterocycles. The standard InChI is InChI=1S/C27H28ClN3O3/c1-18-17-22(13-14-23(18)28)34-16-6-15-31-25-8-5-4-7-24(25)30-26(31)19(2)29-27(32)20-9-11-21(33-3)12-10-20/h4-5,7-14,17,19H,6,15-16H2,1-3H3,(H,29,32). The predicted molar refractivity (Wildman–Crippen MR) is 135 cm³/mol. The number of nitrogens with one attached hydrogen (secondary N) is 1. The summed E-state index contributed by atoms with van der Waals surface area (Å²) in [6.07, 6.45) is 0.786. The first kappa shape index (κ1) is 23.6. The van der Waals surface area contributed by atoms with E-state index in [0.29, 0.717) is 24.5 Å². The van der Waals surface area contributed by atoms with Crippen molar-refractivity contribution < 1.29 is 14.3 Å². The molecule has 0 aliphatic carbocycles. The number of para-hydroxylation sites is 2. The Hall–Kier alpha value is -3.51. The summed E-state index contributed by atoms with van der Waals surface area (Å²) >= 11 is 6.10. The summed E-state index contributed by atoms with van der Waals surface area (Å²) in [7, 11) is 1.60. The van der Waals surface area contributed by atoms with E-state index in [-0.39, 0.29) is 11.9 Å². The monoisotopic (exact) mass is 477 g/mol. The van der Waals surface area contributed by atoms with E-state index >= 15 is 0 Å². The van der Waals surface area contributed by atoms with Gasteiger partial charge in [0.15, 0.2) is 0 Å². The van der Waals surface area contributed by atoms with Gasteiger partial charge in [-0.3, -0.25) is 4.79 Å². The van der Waals surface area contributed by atoms with Crippen LogP contribution in [-0.2, 0) is 6.54 Å². The van der Waals surface area contributed by atoms with E-state index in [1.165, 1.54) is 0 Å². The molecule has 176 valence electrons. The van der Waals surface area contributed by atoms with Crippen molar-refractivity contribution in [2.75, 3.05) is 13.7 Å². The van der Waals surface area contributed by atoms with Gasteiger partial charge < -0.3 is 19.4 Å². The predicted octanol–water partition coefficient (Wildman–Crippen LogP) is 5.97. The first-order valence-electron chi connectivity index (χ1n) is 11.3. The summed E-state index contributed by atoms with van der Waals surface area (Å²) in [5.41, 5.74) is 3.49. The van der Waals surface area contributed by atoms with Gasteiger partial charge in [-0.1, -0.05) is 23.7 Å².